The smallest absolute Gasteiger partial charge is 0.310 e. The van der Waals surface area contributed by atoms with E-state index < -0.39 is 5.97 Å². The van der Waals surface area contributed by atoms with Gasteiger partial charge in [-0.15, -0.1) is 0 Å². The molecule has 1 aliphatic heterocycles. The average Bonchev–Trinajstić information content (AvgIpc) is 3.17. The standard InChI is InChI=1S/C24H25NO6/c1-14-4-6-19-18(12-31-24(19)15(14)2)11-23(27)30-13-22(26)25-16(3)17-5-7-20-21(10-17)29-9-8-28-20/h4-7,10,12,16H,8-9,11,13H2,1-3H3,(H,25,26)/t16-/m0/s1. The number of carbonyl (C=O) groups is 2. The Balaban J connectivity index is 1.30. The molecular weight excluding hydrogens is 398 g/mol. The van der Waals surface area contributed by atoms with Gasteiger partial charge in [0, 0.05) is 10.9 Å². The number of fused-ring (bicyclic) bond motifs is 2. The molecule has 162 valence electrons. The van der Waals surface area contributed by atoms with E-state index in [0.29, 0.717) is 24.7 Å². The van der Waals surface area contributed by atoms with E-state index in [1.807, 2.05) is 51.1 Å². The lowest BCUT2D eigenvalue weighted by Gasteiger charge is -2.21. The van der Waals surface area contributed by atoms with Gasteiger partial charge >= 0.3 is 5.97 Å². The van der Waals surface area contributed by atoms with Crippen molar-refractivity contribution in [3.63, 3.8) is 0 Å². The second-order valence-corrected chi connectivity index (χ2v) is 7.67. The van der Waals surface area contributed by atoms with Crippen molar-refractivity contribution in [1.29, 1.82) is 0 Å². The van der Waals surface area contributed by atoms with Crippen molar-refractivity contribution in [2.75, 3.05) is 19.8 Å². The Morgan fingerprint density at radius 3 is 2.68 bits per heavy atom. The van der Waals surface area contributed by atoms with Crippen LogP contribution in [0.25, 0.3) is 11.0 Å². The first-order valence-corrected chi connectivity index (χ1v) is 10.2. The first-order valence-electron chi connectivity index (χ1n) is 10.2. The van der Waals surface area contributed by atoms with E-state index in [2.05, 4.69) is 5.32 Å². The average molecular weight is 423 g/mol. The minimum atomic E-state index is -0.483. The van der Waals surface area contributed by atoms with Crippen molar-refractivity contribution in [2.24, 2.45) is 0 Å². The summed E-state index contributed by atoms with van der Waals surface area (Å²) in [6.07, 6.45) is 1.61. The first-order chi connectivity index (χ1) is 14.9. The fourth-order valence-electron chi connectivity index (χ4n) is 3.57. The zero-order chi connectivity index (χ0) is 22.0. The largest absolute Gasteiger partial charge is 0.486 e. The molecule has 2 aromatic carbocycles. The topological polar surface area (TPSA) is 87.0 Å². The van der Waals surface area contributed by atoms with Crippen LogP contribution in [-0.2, 0) is 20.7 Å². The van der Waals surface area contributed by atoms with Crippen LogP contribution in [0.5, 0.6) is 11.5 Å². The Morgan fingerprint density at radius 2 is 1.87 bits per heavy atom. The summed E-state index contributed by atoms with van der Waals surface area (Å²) in [5.74, 6) is 0.496. The van der Waals surface area contributed by atoms with Crippen molar-refractivity contribution in [1.82, 2.24) is 5.32 Å². The molecule has 0 bridgehead atoms. The maximum absolute atomic E-state index is 12.3. The monoisotopic (exact) mass is 423 g/mol. The Labute approximate surface area is 180 Å². The van der Waals surface area contributed by atoms with Gasteiger partial charge in [-0.05, 0) is 49.6 Å². The summed E-state index contributed by atoms with van der Waals surface area (Å²) >= 11 is 0. The maximum atomic E-state index is 12.3. The maximum Gasteiger partial charge on any atom is 0.310 e. The van der Waals surface area contributed by atoms with Crippen LogP contribution in [0.2, 0.25) is 0 Å². The molecule has 7 nitrogen and oxygen atoms in total. The highest BCUT2D eigenvalue weighted by molar-refractivity contribution is 5.89. The van der Waals surface area contributed by atoms with Gasteiger partial charge in [0.2, 0.25) is 0 Å². The highest BCUT2D eigenvalue weighted by atomic mass is 16.6. The van der Waals surface area contributed by atoms with Crippen LogP contribution in [0.4, 0.5) is 0 Å². The second-order valence-electron chi connectivity index (χ2n) is 7.67. The number of benzene rings is 2. The predicted octanol–water partition coefficient (Wildman–Crippen LogP) is 3.78. The summed E-state index contributed by atoms with van der Waals surface area (Å²) in [5, 5.41) is 3.72. The van der Waals surface area contributed by atoms with Crippen LogP contribution in [0.3, 0.4) is 0 Å². The quantitative estimate of drug-likeness (QED) is 0.607. The van der Waals surface area contributed by atoms with Crippen LogP contribution in [0.15, 0.2) is 41.0 Å². The van der Waals surface area contributed by atoms with Crippen LogP contribution in [0, 0.1) is 13.8 Å². The van der Waals surface area contributed by atoms with Crippen molar-refractivity contribution in [3.05, 3.63) is 58.8 Å². The Bertz CT molecular complexity index is 1130. The highest BCUT2D eigenvalue weighted by Crippen LogP contribution is 2.32. The van der Waals surface area contributed by atoms with E-state index in [9.17, 15) is 9.59 Å². The van der Waals surface area contributed by atoms with Gasteiger partial charge in [0.05, 0.1) is 18.7 Å². The zero-order valence-corrected chi connectivity index (χ0v) is 17.8. The lowest BCUT2D eigenvalue weighted by Crippen LogP contribution is -2.31. The molecule has 0 aliphatic carbocycles. The fourth-order valence-corrected chi connectivity index (χ4v) is 3.57. The summed E-state index contributed by atoms with van der Waals surface area (Å²) in [6.45, 7) is 6.52. The summed E-state index contributed by atoms with van der Waals surface area (Å²) in [7, 11) is 0. The zero-order valence-electron chi connectivity index (χ0n) is 17.8. The van der Waals surface area contributed by atoms with E-state index in [1.165, 1.54) is 0 Å². The Morgan fingerprint density at radius 1 is 1.10 bits per heavy atom. The molecule has 1 atom stereocenters. The molecule has 1 amide bonds. The molecule has 3 aromatic rings. The number of hydrogen-bond acceptors (Lipinski definition) is 6. The summed E-state index contributed by atoms with van der Waals surface area (Å²) in [5.41, 5.74) is 4.56. The van der Waals surface area contributed by atoms with Crippen LogP contribution in [0.1, 0.15) is 35.2 Å². The number of nitrogens with one attached hydrogen (secondary N) is 1. The molecule has 0 unspecified atom stereocenters. The fraction of sp³-hybridized carbons (Fsp3) is 0.333. The third kappa shape index (κ3) is 4.50. The molecule has 1 aromatic heterocycles. The SMILES string of the molecule is Cc1ccc2c(CC(=O)OCC(=O)N[C@@H](C)c3ccc4c(c3)OCCO4)coc2c1C. The number of aryl methyl sites for hydroxylation is 2. The Kier molecular flexibility index (Phi) is 5.84. The van der Waals surface area contributed by atoms with Gasteiger partial charge in [-0.1, -0.05) is 18.2 Å². The second kappa shape index (κ2) is 8.71. The van der Waals surface area contributed by atoms with Crippen molar-refractivity contribution >= 4 is 22.8 Å². The number of ether oxygens (including phenoxy) is 3. The highest BCUT2D eigenvalue weighted by Gasteiger charge is 2.18. The van der Waals surface area contributed by atoms with E-state index in [1.54, 1.807) is 6.26 Å². The van der Waals surface area contributed by atoms with Gasteiger partial charge in [0.25, 0.3) is 5.91 Å². The normalized spacial score (nSPS) is 13.6. The van der Waals surface area contributed by atoms with Gasteiger partial charge in [-0.25, -0.2) is 0 Å². The third-order valence-electron chi connectivity index (χ3n) is 5.48. The number of furan rings is 1. The van der Waals surface area contributed by atoms with Gasteiger partial charge in [0.15, 0.2) is 18.1 Å². The molecular formula is C24H25NO6. The van der Waals surface area contributed by atoms with E-state index in [4.69, 9.17) is 18.6 Å². The summed E-state index contributed by atoms with van der Waals surface area (Å²) in [4.78, 5) is 24.5. The first kappa shape index (κ1) is 20.8. The van der Waals surface area contributed by atoms with Crippen molar-refractivity contribution < 1.29 is 28.2 Å². The van der Waals surface area contributed by atoms with Gasteiger partial charge < -0.3 is 23.9 Å². The minimum Gasteiger partial charge on any atom is -0.486 e. The van der Waals surface area contributed by atoms with Crippen LogP contribution < -0.4 is 14.8 Å². The Hall–Kier alpha value is -3.48. The number of rotatable bonds is 6. The third-order valence-corrected chi connectivity index (χ3v) is 5.48. The van der Waals surface area contributed by atoms with Crippen molar-refractivity contribution in [3.8, 4) is 11.5 Å². The number of hydrogen-bond donors (Lipinski definition) is 1. The number of amides is 1. The minimum absolute atomic E-state index is 0.0422. The van der Waals surface area contributed by atoms with Gasteiger partial charge in [-0.3, -0.25) is 9.59 Å². The molecule has 7 heteroatoms. The summed E-state index contributed by atoms with van der Waals surface area (Å²) < 4.78 is 21.9. The molecule has 0 fully saturated rings. The van der Waals surface area contributed by atoms with E-state index in [-0.39, 0.29) is 25.0 Å². The molecule has 0 radical (unpaired) electrons. The molecule has 0 saturated carbocycles. The number of esters is 1. The summed E-state index contributed by atoms with van der Waals surface area (Å²) in [6, 6.07) is 9.20. The van der Waals surface area contributed by atoms with Crippen molar-refractivity contribution in [2.45, 2.75) is 33.2 Å². The number of carbonyl (C=O) groups excluding carboxylic acids is 2. The van der Waals surface area contributed by atoms with E-state index >= 15 is 0 Å². The molecule has 0 saturated heterocycles. The molecule has 4 rings (SSSR count). The van der Waals surface area contributed by atoms with Gasteiger partial charge in [0.1, 0.15) is 18.8 Å². The lowest BCUT2D eigenvalue weighted by molar-refractivity contribution is -0.148. The molecule has 31 heavy (non-hydrogen) atoms. The lowest BCUT2D eigenvalue weighted by atomic mass is 10.0. The van der Waals surface area contributed by atoms with Crippen LogP contribution >= 0.6 is 0 Å². The molecule has 1 N–H and O–H groups in total. The molecule has 2 heterocycles. The van der Waals surface area contributed by atoms with Gasteiger partial charge in [-0.2, -0.15) is 0 Å². The predicted molar refractivity (Wildman–Crippen MR) is 114 cm³/mol. The van der Waals surface area contributed by atoms with Crippen LogP contribution in [-0.4, -0.2) is 31.7 Å². The molecule has 0 spiro atoms. The van der Waals surface area contributed by atoms with E-state index in [0.717, 1.165) is 33.2 Å². The molecule has 1 aliphatic rings.